The smallest absolute Gasteiger partial charge is 0.246 e. The molecular weight excluding hydrogens is 510 g/mol. The van der Waals surface area contributed by atoms with Gasteiger partial charge < -0.3 is 20.3 Å². The van der Waals surface area contributed by atoms with Gasteiger partial charge in [-0.05, 0) is 49.1 Å². The van der Waals surface area contributed by atoms with E-state index in [1.807, 2.05) is 42.7 Å². The Morgan fingerprint density at radius 1 is 1.15 bits per heavy atom. The minimum absolute atomic E-state index is 0.0825. The van der Waals surface area contributed by atoms with Gasteiger partial charge in [0.1, 0.15) is 11.6 Å². The quantitative estimate of drug-likeness (QED) is 0.241. The molecule has 2 N–H and O–H groups in total. The van der Waals surface area contributed by atoms with Crippen LogP contribution in [0.5, 0.6) is 0 Å². The highest BCUT2D eigenvalue weighted by Gasteiger charge is 2.72. The van der Waals surface area contributed by atoms with Crippen LogP contribution in [0.2, 0.25) is 0 Å². The lowest BCUT2D eigenvalue weighted by atomic mass is 9.73. The summed E-state index contributed by atoms with van der Waals surface area (Å²) in [5, 5.41) is 6.36. The number of rotatable bonds is 10. The molecule has 7 nitrogen and oxygen atoms in total. The van der Waals surface area contributed by atoms with Crippen molar-refractivity contribution in [2.24, 2.45) is 23.7 Å². The maximum absolute atomic E-state index is 14.1. The van der Waals surface area contributed by atoms with Gasteiger partial charge >= 0.3 is 0 Å². The van der Waals surface area contributed by atoms with E-state index in [9.17, 15) is 14.4 Å². The van der Waals surface area contributed by atoms with Gasteiger partial charge in [0.05, 0.1) is 17.9 Å². The molecule has 3 amide bonds. The van der Waals surface area contributed by atoms with E-state index >= 15 is 0 Å². The molecule has 1 spiro atoms. The standard InChI is InChI=1S/C31H43N3O4S/c1-5-6-7-8-17-34-27(29(36)33-23-14-9-11-19(2)20(23)3)31-16-15-24(38-31)25(26(31)30(34)37)28(35)32-21-12-10-13-22(18-21)39-4/h10,12-13,15-16,18-20,23-27H,5-9,11,14,17H2,1-4H3,(H,32,35)(H,33,36)/t19-,20-,23+,24-,25+,26-,27-,31-/m0/s1. The van der Waals surface area contributed by atoms with Gasteiger partial charge in [0.15, 0.2) is 0 Å². The monoisotopic (exact) mass is 553 g/mol. The van der Waals surface area contributed by atoms with E-state index in [1.54, 1.807) is 16.7 Å². The van der Waals surface area contributed by atoms with E-state index in [0.29, 0.717) is 24.1 Å². The highest BCUT2D eigenvalue weighted by Crippen LogP contribution is 2.55. The highest BCUT2D eigenvalue weighted by atomic mass is 32.2. The lowest BCUT2D eigenvalue weighted by molar-refractivity contribution is -0.141. The number of likely N-dealkylation sites (tertiary alicyclic amines) is 1. The predicted molar refractivity (Wildman–Crippen MR) is 154 cm³/mol. The van der Waals surface area contributed by atoms with Crippen molar-refractivity contribution >= 4 is 35.2 Å². The molecule has 4 aliphatic rings. The second-order valence-corrected chi connectivity index (χ2v) is 12.8. The number of benzene rings is 1. The first kappa shape index (κ1) is 28.2. The molecule has 3 aliphatic heterocycles. The van der Waals surface area contributed by atoms with E-state index < -0.39 is 29.6 Å². The van der Waals surface area contributed by atoms with Crippen LogP contribution in [-0.4, -0.2) is 59.2 Å². The normalized spacial score (nSPS) is 34.8. The zero-order chi connectivity index (χ0) is 27.7. The Morgan fingerprint density at radius 3 is 2.74 bits per heavy atom. The summed E-state index contributed by atoms with van der Waals surface area (Å²) < 4.78 is 6.50. The van der Waals surface area contributed by atoms with Gasteiger partial charge in [-0.25, -0.2) is 0 Å². The summed E-state index contributed by atoms with van der Waals surface area (Å²) in [4.78, 5) is 44.6. The molecule has 0 radical (unpaired) electrons. The van der Waals surface area contributed by atoms with E-state index in [0.717, 1.165) is 43.4 Å². The second kappa shape index (κ2) is 11.7. The second-order valence-electron chi connectivity index (χ2n) is 11.9. The number of thioether (sulfide) groups is 1. The summed E-state index contributed by atoms with van der Waals surface area (Å²) >= 11 is 1.61. The van der Waals surface area contributed by atoms with Gasteiger partial charge in [0.25, 0.3) is 0 Å². The van der Waals surface area contributed by atoms with Gasteiger partial charge in [0.2, 0.25) is 17.7 Å². The van der Waals surface area contributed by atoms with Crippen LogP contribution in [0.15, 0.2) is 41.3 Å². The summed E-state index contributed by atoms with van der Waals surface area (Å²) in [6.45, 7) is 7.11. The molecule has 3 fully saturated rings. The predicted octanol–water partition coefficient (Wildman–Crippen LogP) is 5.02. The lowest BCUT2D eigenvalue weighted by Crippen LogP contribution is -2.58. The maximum atomic E-state index is 14.1. The molecule has 0 unspecified atom stereocenters. The number of fused-ring (bicyclic) bond motifs is 1. The molecule has 2 bridgehead atoms. The van der Waals surface area contributed by atoms with E-state index in [-0.39, 0.29) is 23.8 Å². The summed E-state index contributed by atoms with van der Waals surface area (Å²) in [5.74, 6) is -0.983. The molecule has 5 rings (SSSR count). The molecule has 8 atom stereocenters. The van der Waals surface area contributed by atoms with E-state index in [4.69, 9.17) is 4.74 Å². The van der Waals surface area contributed by atoms with Crippen molar-refractivity contribution in [1.82, 2.24) is 10.2 Å². The first-order valence-corrected chi connectivity index (χ1v) is 16.0. The molecular formula is C31H43N3O4S. The van der Waals surface area contributed by atoms with Gasteiger partial charge in [0, 0.05) is 23.2 Å². The van der Waals surface area contributed by atoms with Crippen molar-refractivity contribution in [3.05, 3.63) is 36.4 Å². The van der Waals surface area contributed by atoms with Crippen LogP contribution in [0.3, 0.4) is 0 Å². The Balaban J connectivity index is 1.41. The molecule has 1 aromatic rings. The van der Waals surface area contributed by atoms with Crippen LogP contribution in [0, 0.1) is 23.7 Å². The Labute approximate surface area is 236 Å². The van der Waals surface area contributed by atoms with Gasteiger partial charge in [-0.15, -0.1) is 11.8 Å². The largest absolute Gasteiger partial charge is 0.359 e. The Kier molecular flexibility index (Phi) is 8.43. The SMILES string of the molecule is CCCCCCN1C(=O)[C@@H]2[C@H](C(=O)Nc3cccc(SC)c3)[C@@H]3C=C[C@@]2(O3)[C@@H]1C(=O)N[C@@H]1CCC[C@H](C)[C@@H]1C. The van der Waals surface area contributed by atoms with E-state index in [1.165, 1.54) is 6.42 Å². The Morgan fingerprint density at radius 2 is 1.97 bits per heavy atom. The van der Waals surface area contributed by atoms with E-state index in [2.05, 4.69) is 31.4 Å². The Hall–Kier alpha value is -2.32. The first-order chi connectivity index (χ1) is 18.8. The molecule has 2 saturated heterocycles. The number of amides is 3. The summed E-state index contributed by atoms with van der Waals surface area (Å²) in [7, 11) is 0. The lowest BCUT2D eigenvalue weighted by Gasteiger charge is -2.38. The summed E-state index contributed by atoms with van der Waals surface area (Å²) in [5.41, 5.74) is -0.410. The number of carbonyl (C=O) groups excluding carboxylic acids is 3. The molecule has 1 aromatic carbocycles. The molecule has 0 aromatic heterocycles. The Bertz CT molecular complexity index is 1120. The van der Waals surface area contributed by atoms with Crippen molar-refractivity contribution in [3.8, 4) is 0 Å². The third kappa shape index (κ3) is 5.15. The highest BCUT2D eigenvalue weighted by molar-refractivity contribution is 7.98. The molecule has 8 heteroatoms. The zero-order valence-electron chi connectivity index (χ0n) is 23.7. The average Bonchev–Trinajstić information content (AvgIpc) is 3.56. The van der Waals surface area contributed by atoms with Crippen molar-refractivity contribution in [2.75, 3.05) is 18.1 Å². The van der Waals surface area contributed by atoms with Crippen molar-refractivity contribution < 1.29 is 19.1 Å². The minimum Gasteiger partial charge on any atom is -0.359 e. The summed E-state index contributed by atoms with van der Waals surface area (Å²) in [6.07, 6.45) is 12.5. The topological polar surface area (TPSA) is 87.7 Å². The molecule has 39 heavy (non-hydrogen) atoms. The fourth-order valence-electron chi connectivity index (χ4n) is 7.19. The van der Waals surface area contributed by atoms with Crippen molar-refractivity contribution in [1.29, 1.82) is 0 Å². The van der Waals surface area contributed by atoms with Crippen LogP contribution < -0.4 is 10.6 Å². The van der Waals surface area contributed by atoms with Crippen LogP contribution >= 0.6 is 11.8 Å². The maximum Gasteiger partial charge on any atom is 0.246 e. The number of hydrogen-bond acceptors (Lipinski definition) is 5. The van der Waals surface area contributed by atoms with Crippen LogP contribution in [-0.2, 0) is 19.1 Å². The van der Waals surface area contributed by atoms with Gasteiger partial charge in [-0.1, -0.05) is 71.1 Å². The van der Waals surface area contributed by atoms with Crippen LogP contribution in [0.25, 0.3) is 0 Å². The number of unbranched alkanes of at least 4 members (excludes halogenated alkanes) is 3. The van der Waals surface area contributed by atoms with Crippen molar-refractivity contribution in [3.63, 3.8) is 0 Å². The van der Waals surface area contributed by atoms with Gasteiger partial charge in [-0.2, -0.15) is 0 Å². The molecule has 1 aliphatic carbocycles. The number of ether oxygens (including phenoxy) is 1. The van der Waals surface area contributed by atoms with Gasteiger partial charge in [-0.3, -0.25) is 14.4 Å². The number of nitrogens with zero attached hydrogens (tertiary/aromatic N) is 1. The average molecular weight is 554 g/mol. The third-order valence-electron chi connectivity index (χ3n) is 9.55. The fraction of sp³-hybridized carbons (Fsp3) is 0.645. The zero-order valence-corrected chi connectivity index (χ0v) is 24.5. The minimum atomic E-state index is -1.11. The van der Waals surface area contributed by atoms with Crippen molar-refractivity contribution in [2.45, 2.75) is 94.4 Å². The molecule has 3 heterocycles. The fourth-order valence-corrected chi connectivity index (χ4v) is 7.65. The van der Waals surface area contributed by atoms with Crippen LogP contribution in [0.4, 0.5) is 5.69 Å². The number of anilines is 1. The first-order valence-electron chi connectivity index (χ1n) is 14.7. The van der Waals surface area contributed by atoms with Crippen LogP contribution in [0.1, 0.15) is 65.7 Å². The number of nitrogens with one attached hydrogen (secondary N) is 2. The summed E-state index contributed by atoms with van der Waals surface area (Å²) in [6, 6.07) is 7.01. The third-order valence-corrected chi connectivity index (χ3v) is 10.3. The number of carbonyl (C=O) groups is 3. The molecule has 212 valence electrons. The number of hydrogen-bond donors (Lipinski definition) is 2. The molecule has 1 saturated carbocycles.